The summed E-state index contributed by atoms with van der Waals surface area (Å²) in [5, 5.41) is 14.1. The van der Waals surface area contributed by atoms with Gasteiger partial charge in [0, 0.05) is 31.3 Å². The van der Waals surface area contributed by atoms with Gasteiger partial charge in [-0.3, -0.25) is 10.1 Å². The highest BCUT2D eigenvalue weighted by Crippen LogP contribution is 2.24. The number of nitro groups is 1. The number of rotatable bonds is 3. The molecule has 1 aliphatic rings. The smallest absolute Gasteiger partial charge is 0.271 e. The quantitative estimate of drug-likeness (QED) is 0.657. The zero-order valence-electron chi connectivity index (χ0n) is 11.3. The molecule has 0 saturated carbocycles. The highest BCUT2D eigenvalue weighted by Gasteiger charge is 2.20. The maximum Gasteiger partial charge on any atom is 0.271 e. The average Bonchev–Trinajstić information content (AvgIpc) is 2.90. The summed E-state index contributed by atoms with van der Waals surface area (Å²) in [7, 11) is 1.99. The number of hydrogen-bond donors (Lipinski definition) is 2. The number of benzene rings is 1. The molecule has 7 nitrogen and oxygen atoms in total. The van der Waals surface area contributed by atoms with Crippen molar-refractivity contribution in [2.24, 2.45) is 0 Å². The third kappa shape index (κ3) is 2.32. The van der Waals surface area contributed by atoms with Crippen LogP contribution in [0.15, 0.2) is 18.2 Å². The Morgan fingerprint density at radius 3 is 2.85 bits per heavy atom. The number of aromatic nitrogens is 2. The fraction of sp³-hybridized carbons (Fsp3) is 0.462. The number of nitro benzene ring substituents is 1. The zero-order valence-corrected chi connectivity index (χ0v) is 11.3. The van der Waals surface area contributed by atoms with Crippen LogP contribution in [-0.2, 0) is 0 Å². The van der Waals surface area contributed by atoms with Crippen LogP contribution in [0.5, 0.6) is 0 Å². The first kappa shape index (κ1) is 12.9. The number of piperidine rings is 1. The topological polar surface area (TPSA) is 87.1 Å². The molecular weight excluding hydrogens is 258 g/mol. The molecule has 0 unspecified atom stereocenters. The summed E-state index contributed by atoms with van der Waals surface area (Å²) in [6.07, 6.45) is 2.15. The summed E-state index contributed by atoms with van der Waals surface area (Å²) in [4.78, 5) is 20.3. The van der Waals surface area contributed by atoms with Crippen molar-refractivity contribution in [3.63, 3.8) is 0 Å². The highest BCUT2D eigenvalue weighted by atomic mass is 16.6. The van der Waals surface area contributed by atoms with Crippen LogP contribution in [0.4, 0.5) is 11.6 Å². The van der Waals surface area contributed by atoms with Gasteiger partial charge in [0.25, 0.3) is 5.69 Å². The Balaban J connectivity index is 1.84. The molecule has 0 bridgehead atoms. The van der Waals surface area contributed by atoms with Crippen molar-refractivity contribution in [3.8, 4) is 0 Å². The first-order chi connectivity index (χ1) is 9.67. The Bertz CT molecular complexity index is 631. The third-order valence-electron chi connectivity index (χ3n) is 3.87. The number of nitrogens with zero attached hydrogens (tertiary/aromatic N) is 3. The Hall–Kier alpha value is -2.15. The molecule has 106 valence electrons. The molecule has 0 spiro atoms. The second-order valence-corrected chi connectivity index (χ2v) is 5.07. The van der Waals surface area contributed by atoms with Gasteiger partial charge in [0.15, 0.2) is 0 Å². The van der Waals surface area contributed by atoms with E-state index in [9.17, 15) is 10.1 Å². The fourth-order valence-corrected chi connectivity index (χ4v) is 2.63. The van der Waals surface area contributed by atoms with E-state index in [0.717, 1.165) is 37.4 Å². The standard InChI is InChI=1S/C13H17N5O2/c1-14-9-4-6-17(7-5-9)13-15-11-3-2-10(18(19)20)8-12(11)16-13/h2-3,8-9,14H,4-7H2,1H3,(H,15,16). The Morgan fingerprint density at radius 2 is 2.20 bits per heavy atom. The zero-order chi connectivity index (χ0) is 14.1. The first-order valence-electron chi connectivity index (χ1n) is 6.74. The summed E-state index contributed by atoms with van der Waals surface area (Å²) in [6, 6.07) is 5.27. The number of imidazole rings is 1. The molecule has 1 aliphatic heterocycles. The van der Waals surface area contributed by atoms with E-state index in [1.807, 2.05) is 7.05 Å². The van der Waals surface area contributed by atoms with Crippen LogP contribution in [0, 0.1) is 10.1 Å². The van der Waals surface area contributed by atoms with E-state index < -0.39 is 4.92 Å². The molecule has 0 radical (unpaired) electrons. The molecule has 0 amide bonds. The van der Waals surface area contributed by atoms with Gasteiger partial charge in [0.2, 0.25) is 5.95 Å². The molecule has 1 fully saturated rings. The summed E-state index contributed by atoms with van der Waals surface area (Å²) < 4.78 is 0. The largest absolute Gasteiger partial charge is 0.342 e. The van der Waals surface area contributed by atoms with E-state index in [2.05, 4.69) is 20.2 Å². The SMILES string of the molecule is CNC1CCN(c2nc3ccc([N+](=O)[O-])cc3[nH]2)CC1. The molecule has 2 aromatic rings. The van der Waals surface area contributed by atoms with Crippen molar-refractivity contribution < 1.29 is 4.92 Å². The summed E-state index contributed by atoms with van der Waals surface area (Å²) in [5.74, 6) is 0.801. The first-order valence-corrected chi connectivity index (χ1v) is 6.74. The van der Waals surface area contributed by atoms with Gasteiger partial charge in [-0.25, -0.2) is 4.98 Å². The third-order valence-corrected chi connectivity index (χ3v) is 3.87. The van der Waals surface area contributed by atoms with Crippen LogP contribution in [0.1, 0.15) is 12.8 Å². The lowest BCUT2D eigenvalue weighted by Gasteiger charge is -2.31. The van der Waals surface area contributed by atoms with E-state index in [-0.39, 0.29) is 5.69 Å². The minimum Gasteiger partial charge on any atom is -0.342 e. The Morgan fingerprint density at radius 1 is 1.45 bits per heavy atom. The van der Waals surface area contributed by atoms with E-state index >= 15 is 0 Å². The molecule has 1 aromatic carbocycles. The summed E-state index contributed by atoms with van der Waals surface area (Å²) in [5.41, 5.74) is 1.56. The van der Waals surface area contributed by atoms with Crippen molar-refractivity contribution >= 4 is 22.7 Å². The van der Waals surface area contributed by atoms with Crippen molar-refractivity contribution in [1.29, 1.82) is 0 Å². The predicted octanol–water partition coefficient (Wildman–Crippen LogP) is 1.66. The minimum atomic E-state index is -0.391. The van der Waals surface area contributed by atoms with Crippen LogP contribution < -0.4 is 10.2 Å². The van der Waals surface area contributed by atoms with Crippen LogP contribution in [0.25, 0.3) is 11.0 Å². The molecular formula is C13H17N5O2. The van der Waals surface area contributed by atoms with Crippen LogP contribution in [0.2, 0.25) is 0 Å². The Kier molecular flexibility index (Phi) is 3.27. The summed E-state index contributed by atoms with van der Waals surface area (Å²) >= 11 is 0. The van der Waals surface area contributed by atoms with Gasteiger partial charge in [-0.1, -0.05) is 0 Å². The molecule has 20 heavy (non-hydrogen) atoms. The van der Waals surface area contributed by atoms with Crippen molar-refractivity contribution in [2.45, 2.75) is 18.9 Å². The van der Waals surface area contributed by atoms with Crippen LogP contribution >= 0.6 is 0 Å². The number of anilines is 1. The van der Waals surface area contributed by atoms with E-state index in [1.165, 1.54) is 12.1 Å². The van der Waals surface area contributed by atoms with Crippen LogP contribution in [0.3, 0.4) is 0 Å². The van der Waals surface area contributed by atoms with Gasteiger partial charge in [0.1, 0.15) is 0 Å². The number of fused-ring (bicyclic) bond motifs is 1. The van der Waals surface area contributed by atoms with Crippen LogP contribution in [-0.4, -0.2) is 41.1 Å². The highest BCUT2D eigenvalue weighted by molar-refractivity contribution is 5.80. The number of nitrogens with one attached hydrogen (secondary N) is 2. The van der Waals surface area contributed by atoms with Gasteiger partial charge < -0.3 is 15.2 Å². The molecule has 0 aliphatic carbocycles. The van der Waals surface area contributed by atoms with Crippen molar-refractivity contribution in [3.05, 3.63) is 28.3 Å². The van der Waals surface area contributed by atoms with Gasteiger partial charge >= 0.3 is 0 Å². The number of aromatic amines is 1. The lowest BCUT2D eigenvalue weighted by atomic mass is 10.1. The number of hydrogen-bond acceptors (Lipinski definition) is 5. The van der Waals surface area contributed by atoms with Gasteiger partial charge in [0.05, 0.1) is 16.0 Å². The maximum atomic E-state index is 10.8. The molecule has 0 atom stereocenters. The summed E-state index contributed by atoms with van der Waals surface area (Å²) in [6.45, 7) is 1.88. The second kappa shape index (κ2) is 5.09. The normalized spacial score (nSPS) is 16.8. The fourth-order valence-electron chi connectivity index (χ4n) is 2.63. The molecule has 1 aromatic heterocycles. The maximum absolute atomic E-state index is 10.8. The molecule has 2 heterocycles. The van der Waals surface area contributed by atoms with Gasteiger partial charge in [-0.05, 0) is 26.0 Å². The number of non-ortho nitro benzene ring substituents is 1. The second-order valence-electron chi connectivity index (χ2n) is 5.07. The van der Waals surface area contributed by atoms with Crippen molar-refractivity contribution in [1.82, 2.24) is 15.3 Å². The van der Waals surface area contributed by atoms with E-state index in [1.54, 1.807) is 6.07 Å². The van der Waals surface area contributed by atoms with Crippen molar-refractivity contribution in [2.75, 3.05) is 25.0 Å². The lowest BCUT2D eigenvalue weighted by Crippen LogP contribution is -2.41. The molecule has 1 saturated heterocycles. The molecule has 2 N–H and O–H groups in total. The molecule has 3 rings (SSSR count). The van der Waals surface area contributed by atoms with E-state index in [4.69, 9.17) is 0 Å². The van der Waals surface area contributed by atoms with Gasteiger partial charge in [-0.2, -0.15) is 0 Å². The van der Waals surface area contributed by atoms with Gasteiger partial charge in [-0.15, -0.1) is 0 Å². The lowest BCUT2D eigenvalue weighted by molar-refractivity contribution is -0.384. The number of H-pyrrole nitrogens is 1. The average molecular weight is 275 g/mol. The minimum absolute atomic E-state index is 0.0848. The molecule has 7 heteroatoms. The predicted molar refractivity (Wildman–Crippen MR) is 77.0 cm³/mol. The Labute approximate surface area is 116 Å². The van der Waals surface area contributed by atoms with E-state index in [0.29, 0.717) is 11.6 Å². The monoisotopic (exact) mass is 275 g/mol.